The molecule has 1 saturated carbocycles. The van der Waals surface area contributed by atoms with Crippen LogP contribution in [0.25, 0.3) is 21.9 Å². The maximum absolute atomic E-state index is 13.2. The molecule has 4 aromatic rings. The molecule has 1 spiro atoms. The van der Waals surface area contributed by atoms with E-state index in [2.05, 4.69) is 27.1 Å². The Kier molecular flexibility index (Phi) is 10.3. The van der Waals surface area contributed by atoms with E-state index in [-0.39, 0.29) is 41.0 Å². The van der Waals surface area contributed by atoms with E-state index in [0.717, 1.165) is 96.8 Å². The van der Waals surface area contributed by atoms with E-state index >= 15 is 0 Å². The van der Waals surface area contributed by atoms with Crippen molar-refractivity contribution in [3.05, 3.63) is 82.0 Å². The molecule has 298 valence electrons. The standard InChI is InChI=1S/C43H48N6O8/c1-46(23-34-36(55-3)17-26(18-37(34)56-4)33-24-47(2)40(52)32-22-44-13-11-29(32)33)14-5-6-15-48-16-12-43(25-48)20-28(21-43)57-27-7-8-30-31(19-27)42(54)49(41(30)53)35-9-10-38(50)45-39(35)51/h7-8,11,13,17-19,22,24,28,35H,5-6,9-10,12,14-16,20-21,23,25H2,1-4H3,(H,45,50,51). The Morgan fingerprint density at radius 1 is 0.930 bits per heavy atom. The number of hydrogen-bond donors (Lipinski definition) is 1. The molecule has 2 saturated heterocycles. The normalized spacial score (nSPS) is 22.0. The highest BCUT2D eigenvalue weighted by atomic mass is 16.5. The van der Waals surface area contributed by atoms with Crippen LogP contribution in [0.5, 0.6) is 17.2 Å². The summed E-state index contributed by atoms with van der Waals surface area (Å²) >= 11 is 0. The molecule has 1 aliphatic carbocycles. The number of carbonyl (C=O) groups excluding carboxylic acids is 4. The van der Waals surface area contributed by atoms with Crippen molar-refractivity contribution in [2.45, 2.75) is 63.6 Å². The number of rotatable bonds is 13. The monoisotopic (exact) mass is 776 g/mol. The molecule has 2 aromatic carbocycles. The molecule has 3 fully saturated rings. The number of likely N-dealkylation sites (tertiary alicyclic amines) is 1. The summed E-state index contributed by atoms with van der Waals surface area (Å²) in [6, 6.07) is 9.83. The van der Waals surface area contributed by atoms with Crippen LogP contribution in [0.1, 0.15) is 71.2 Å². The lowest BCUT2D eigenvalue weighted by atomic mass is 9.66. The van der Waals surface area contributed by atoms with E-state index in [1.54, 1.807) is 56.4 Å². The zero-order valence-corrected chi connectivity index (χ0v) is 32.8. The average molecular weight is 777 g/mol. The minimum atomic E-state index is -0.990. The number of piperidine rings is 1. The molecule has 0 radical (unpaired) electrons. The smallest absolute Gasteiger partial charge is 0.262 e. The van der Waals surface area contributed by atoms with Gasteiger partial charge in [0.05, 0.1) is 42.4 Å². The fourth-order valence-corrected chi connectivity index (χ4v) is 9.16. The Balaban J connectivity index is 0.807. The molecule has 1 atom stereocenters. The van der Waals surface area contributed by atoms with Crippen molar-refractivity contribution in [1.82, 2.24) is 29.6 Å². The SMILES string of the molecule is COc1cc(-c2cn(C)c(=O)c3cnccc23)cc(OC)c1CN(C)CCCCN1CCC2(CC(Oc3ccc4c(c3)C(=O)N(C3CCC(=O)NC3=O)C4=O)C2)C1. The third kappa shape index (κ3) is 7.27. The number of aromatic nitrogens is 2. The first-order chi connectivity index (χ1) is 27.5. The van der Waals surface area contributed by atoms with E-state index in [1.807, 2.05) is 24.4 Å². The van der Waals surface area contributed by atoms with Gasteiger partial charge in [0, 0.05) is 50.7 Å². The second kappa shape index (κ2) is 15.4. The van der Waals surface area contributed by atoms with Gasteiger partial charge in [0.1, 0.15) is 23.3 Å². The molecular formula is C43H48N6O8. The van der Waals surface area contributed by atoms with E-state index < -0.39 is 29.7 Å². The number of ether oxygens (including phenoxy) is 3. The predicted molar refractivity (Wildman–Crippen MR) is 211 cm³/mol. The fraction of sp³-hybridized carbons (Fsp3) is 0.442. The summed E-state index contributed by atoms with van der Waals surface area (Å²) in [5.74, 6) is -0.0683. The first-order valence-electron chi connectivity index (χ1n) is 19.6. The van der Waals surface area contributed by atoms with Gasteiger partial charge in [0.25, 0.3) is 17.4 Å². The molecule has 4 amide bonds. The van der Waals surface area contributed by atoms with Crippen molar-refractivity contribution in [3.63, 3.8) is 0 Å². The van der Waals surface area contributed by atoms with Gasteiger partial charge >= 0.3 is 0 Å². The number of pyridine rings is 2. The Labute approximate surface area is 330 Å². The number of amides is 4. The maximum atomic E-state index is 13.2. The molecule has 14 nitrogen and oxygen atoms in total. The molecule has 8 rings (SSSR count). The average Bonchev–Trinajstić information content (AvgIpc) is 3.72. The van der Waals surface area contributed by atoms with Crippen LogP contribution in [0.4, 0.5) is 0 Å². The Morgan fingerprint density at radius 3 is 2.42 bits per heavy atom. The first-order valence-corrected chi connectivity index (χ1v) is 19.6. The van der Waals surface area contributed by atoms with Crippen molar-refractivity contribution in [1.29, 1.82) is 0 Å². The van der Waals surface area contributed by atoms with Gasteiger partial charge in [-0.1, -0.05) is 0 Å². The predicted octanol–water partition coefficient (Wildman–Crippen LogP) is 4.16. The number of unbranched alkanes of at least 4 members (excludes halogenated alkanes) is 1. The van der Waals surface area contributed by atoms with Crippen LogP contribution in [0.3, 0.4) is 0 Å². The van der Waals surface area contributed by atoms with E-state index in [1.165, 1.54) is 0 Å². The Morgan fingerprint density at radius 2 is 1.68 bits per heavy atom. The summed E-state index contributed by atoms with van der Waals surface area (Å²) in [5.41, 5.74) is 3.39. The first kappa shape index (κ1) is 38.3. The highest BCUT2D eigenvalue weighted by Gasteiger charge is 2.50. The quantitative estimate of drug-likeness (QED) is 0.154. The molecule has 57 heavy (non-hydrogen) atoms. The van der Waals surface area contributed by atoms with E-state index in [9.17, 15) is 24.0 Å². The van der Waals surface area contributed by atoms with Gasteiger partial charge in [0.15, 0.2) is 0 Å². The minimum Gasteiger partial charge on any atom is -0.496 e. The molecule has 5 heterocycles. The Bertz CT molecular complexity index is 2310. The lowest BCUT2D eigenvalue weighted by Crippen LogP contribution is -2.54. The zero-order valence-electron chi connectivity index (χ0n) is 32.8. The van der Waals surface area contributed by atoms with Gasteiger partial charge in [-0.2, -0.15) is 0 Å². The minimum absolute atomic E-state index is 0.0381. The van der Waals surface area contributed by atoms with Gasteiger partial charge in [-0.15, -0.1) is 0 Å². The number of methoxy groups -OCH3 is 2. The van der Waals surface area contributed by atoms with Gasteiger partial charge < -0.3 is 28.6 Å². The fourth-order valence-electron chi connectivity index (χ4n) is 9.16. The second-order valence-electron chi connectivity index (χ2n) is 16.0. The highest BCUT2D eigenvalue weighted by molar-refractivity contribution is 6.23. The van der Waals surface area contributed by atoms with Gasteiger partial charge in [0.2, 0.25) is 11.8 Å². The number of imide groups is 2. The van der Waals surface area contributed by atoms with E-state index in [4.69, 9.17) is 14.2 Å². The number of hydrogen-bond acceptors (Lipinski definition) is 11. The molecule has 14 heteroatoms. The summed E-state index contributed by atoms with van der Waals surface area (Å²) in [6.45, 7) is 4.72. The van der Waals surface area contributed by atoms with Crippen molar-refractivity contribution in [2.75, 3.05) is 47.4 Å². The van der Waals surface area contributed by atoms with Crippen LogP contribution in [0.2, 0.25) is 0 Å². The third-order valence-electron chi connectivity index (χ3n) is 12.1. The lowest BCUT2D eigenvalue weighted by Gasteiger charge is -2.45. The van der Waals surface area contributed by atoms with Crippen LogP contribution in [-0.2, 0) is 23.2 Å². The number of aryl methyl sites for hydroxylation is 1. The van der Waals surface area contributed by atoms with Crippen LogP contribution >= 0.6 is 0 Å². The highest BCUT2D eigenvalue weighted by Crippen LogP contribution is 2.50. The van der Waals surface area contributed by atoms with Crippen molar-refractivity contribution in [3.8, 4) is 28.4 Å². The largest absolute Gasteiger partial charge is 0.496 e. The molecule has 1 N–H and O–H groups in total. The van der Waals surface area contributed by atoms with Crippen molar-refractivity contribution < 1.29 is 33.4 Å². The van der Waals surface area contributed by atoms with Crippen LogP contribution in [0.15, 0.2) is 59.8 Å². The Hall–Kier alpha value is -5.60. The number of carbonyl (C=O) groups is 4. The van der Waals surface area contributed by atoms with Gasteiger partial charge in [-0.3, -0.25) is 39.2 Å². The summed E-state index contributed by atoms with van der Waals surface area (Å²) in [7, 11) is 7.20. The van der Waals surface area contributed by atoms with Gasteiger partial charge in [-0.05, 0) is 118 Å². The number of fused-ring (bicyclic) bond motifs is 2. The van der Waals surface area contributed by atoms with Crippen molar-refractivity contribution >= 4 is 34.4 Å². The number of benzene rings is 2. The number of nitrogens with one attached hydrogen (secondary N) is 1. The molecule has 3 aliphatic heterocycles. The molecule has 2 aromatic heterocycles. The van der Waals surface area contributed by atoms with Crippen LogP contribution in [-0.4, -0.2) is 107 Å². The summed E-state index contributed by atoms with van der Waals surface area (Å²) in [6.07, 6.45) is 10.5. The topological polar surface area (TPSA) is 153 Å². The third-order valence-corrected chi connectivity index (χ3v) is 12.1. The summed E-state index contributed by atoms with van der Waals surface area (Å²) in [4.78, 5) is 73.0. The number of nitrogens with zero attached hydrogens (tertiary/aromatic N) is 5. The molecule has 4 aliphatic rings. The van der Waals surface area contributed by atoms with Crippen LogP contribution < -0.4 is 25.1 Å². The van der Waals surface area contributed by atoms with Crippen molar-refractivity contribution in [2.24, 2.45) is 12.5 Å². The van der Waals surface area contributed by atoms with Gasteiger partial charge in [-0.25, -0.2) is 0 Å². The molecule has 1 unspecified atom stereocenters. The molecular weight excluding hydrogens is 729 g/mol. The van der Waals surface area contributed by atoms with Crippen LogP contribution in [0, 0.1) is 5.41 Å². The summed E-state index contributed by atoms with van der Waals surface area (Å²) < 4.78 is 19.7. The maximum Gasteiger partial charge on any atom is 0.262 e. The van der Waals surface area contributed by atoms with E-state index in [0.29, 0.717) is 17.7 Å². The molecule has 0 bridgehead atoms. The summed E-state index contributed by atoms with van der Waals surface area (Å²) in [5, 5.41) is 3.61. The lowest BCUT2D eigenvalue weighted by molar-refractivity contribution is -0.136. The zero-order chi connectivity index (χ0) is 40.0. The second-order valence-corrected chi connectivity index (χ2v) is 16.0.